The average Bonchev–Trinajstić information content (AvgIpc) is 2.54. The molecule has 132 valence electrons. The molecule has 0 spiro atoms. The lowest BCUT2D eigenvalue weighted by molar-refractivity contribution is -0.710. The van der Waals surface area contributed by atoms with Gasteiger partial charge in [-0.2, -0.15) is 0 Å². The average molecular weight is 347 g/mol. The first-order valence-corrected chi connectivity index (χ1v) is 7.99. The Balaban J connectivity index is 2.02. The fourth-order valence-electron chi connectivity index (χ4n) is 2.57. The van der Waals surface area contributed by atoms with Crippen molar-refractivity contribution in [3.8, 4) is 0 Å². The third-order valence-corrected chi connectivity index (χ3v) is 3.98. The maximum Gasteiger partial charge on any atom is 0.282 e. The van der Waals surface area contributed by atoms with Crippen molar-refractivity contribution in [2.75, 3.05) is 5.32 Å². The SMILES string of the molecule is CC(=O)c1cccc(NC(=O)[C@@H](C)[NH2+][C@@H](C)c2ccc(F)cc2F)c1. The topological polar surface area (TPSA) is 62.8 Å². The van der Waals surface area contributed by atoms with Crippen LogP contribution < -0.4 is 10.6 Å². The van der Waals surface area contributed by atoms with Crippen molar-refractivity contribution < 1.29 is 23.7 Å². The first kappa shape index (κ1) is 18.7. The Morgan fingerprint density at radius 1 is 1.08 bits per heavy atom. The van der Waals surface area contributed by atoms with Gasteiger partial charge in [-0.25, -0.2) is 8.78 Å². The highest BCUT2D eigenvalue weighted by Crippen LogP contribution is 2.15. The smallest absolute Gasteiger partial charge is 0.282 e. The minimum atomic E-state index is -0.635. The highest BCUT2D eigenvalue weighted by molar-refractivity contribution is 5.97. The molecule has 0 saturated carbocycles. The summed E-state index contributed by atoms with van der Waals surface area (Å²) >= 11 is 0. The van der Waals surface area contributed by atoms with Gasteiger partial charge in [-0.05, 0) is 45.0 Å². The predicted molar refractivity (Wildman–Crippen MR) is 91.2 cm³/mol. The number of carbonyl (C=O) groups excluding carboxylic acids is 2. The van der Waals surface area contributed by atoms with Crippen LogP contribution in [0.15, 0.2) is 42.5 Å². The summed E-state index contributed by atoms with van der Waals surface area (Å²) in [6.07, 6.45) is 0. The minimum Gasteiger partial charge on any atom is -0.330 e. The zero-order valence-electron chi connectivity index (χ0n) is 14.3. The number of halogens is 2. The maximum absolute atomic E-state index is 13.8. The lowest BCUT2D eigenvalue weighted by Crippen LogP contribution is -2.91. The number of benzene rings is 2. The monoisotopic (exact) mass is 347 g/mol. The minimum absolute atomic E-state index is 0.0869. The van der Waals surface area contributed by atoms with Crippen LogP contribution in [0.25, 0.3) is 0 Å². The Hall–Kier alpha value is -2.60. The van der Waals surface area contributed by atoms with Gasteiger partial charge < -0.3 is 10.6 Å². The molecule has 25 heavy (non-hydrogen) atoms. The van der Waals surface area contributed by atoms with Crippen LogP contribution in [0.5, 0.6) is 0 Å². The lowest BCUT2D eigenvalue weighted by Gasteiger charge is -2.17. The number of ketones is 1. The van der Waals surface area contributed by atoms with Crippen LogP contribution in [0.1, 0.15) is 42.7 Å². The molecule has 0 heterocycles. The maximum atomic E-state index is 13.8. The van der Waals surface area contributed by atoms with Gasteiger partial charge in [-0.15, -0.1) is 0 Å². The largest absolute Gasteiger partial charge is 0.330 e. The number of carbonyl (C=O) groups is 2. The van der Waals surface area contributed by atoms with E-state index in [2.05, 4.69) is 5.32 Å². The number of amides is 1. The van der Waals surface area contributed by atoms with Crippen molar-refractivity contribution >= 4 is 17.4 Å². The van der Waals surface area contributed by atoms with E-state index in [4.69, 9.17) is 0 Å². The third kappa shape index (κ3) is 4.93. The van der Waals surface area contributed by atoms with Crippen molar-refractivity contribution in [3.63, 3.8) is 0 Å². The van der Waals surface area contributed by atoms with Crippen molar-refractivity contribution in [2.24, 2.45) is 0 Å². The summed E-state index contributed by atoms with van der Waals surface area (Å²) in [5.74, 6) is -1.62. The molecular formula is C19H21F2N2O2+. The van der Waals surface area contributed by atoms with Crippen molar-refractivity contribution in [2.45, 2.75) is 32.9 Å². The molecule has 0 aliphatic rings. The standard InChI is InChI=1S/C19H20F2N2O2/c1-11(17-8-7-15(20)10-18(17)21)22-12(2)19(25)23-16-6-4-5-14(9-16)13(3)24/h4-12,22H,1-3H3,(H,23,25)/p+1/t11-,12+/m0/s1. The van der Waals surface area contributed by atoms with Gasteiger partial charge in [0.2, 0.25) is 0 Å². The molecule has 0 aliphatic heterocycles. The van der Waals surface area contributed by atoms with Crippen LogP contribution in [-0.2, 0) is 4.79 Å². The highest BCUT2D eigenvalue weighted by Gasteiger charge is 2.22. The fourth-order valence-corrected chi connectivity index (χ4v) is 2.57. The first-order valence-electron chi connectivity index (χ1n) is 7.99. The number of quaternary nitrogens is 1. The van der Waals surface area contributed by atoms with Crippen LogP contribution >= 0.6 is 0 Å². The molecule has 2 aromatic carbocycles. The second kappa shape index (κ2) is 7.98. The van der Waals surface area contributed by atoms with E-state index in [-0.39, 0.29) is 17.7 Å². The summed E-state index contributed by atoms with van der Waals surface area (Å²) in [6.45, 7) is 4.90. The van der Waals surface area contributed by atoms with E-state index in [0.29, 0.717) is 16.8 Å². The molecule has 2 aromatic rings. The zero-order valence-corrected chi connectivity index (χ0v) is 14.3. The number of anilines is 1. The number of hydrogen-bond donors (Lipinski definition) is 2. The second-order valence-corrected chi connectivity index (χ2v) is 6.06. The van der Waals surface area contributed by atoms with Gasteiger partial charge in [0.05, 0.1) is 0 Å². The molecule has 1 amide bonds. The molecule has 3 N–H and O–H groups in total. The van der Waals surface area contributed by atoms with Gasteiger partial charge in [0.15, 0.2) is 11.8 Å². The zero-order chi connectivity index (χ0) is 18.6. The van der Waals surface area contributed by atoms with E-state index < -0.39 is 17.7 Å². The van der Waals surface area contributed by atoms with Crippen LogP contribution in [0.4, 0.5) is 14.5 Å². The van der Waals surface area contributed by atoms with Gasteiger partial charge in [0, 0.05) is 22.9 Å². The molecule has 0 unspecified atom stereocenters. The van der Waals surface area contributed by atoms with E-state index in [1.54, 1.807) is 43.4 Å². The van der Waals surface area contributed by atoms with Crippen molar-refractivity contribution in [3.05, 3.63) is 65.2 Å². The Bertz CT molecular complexity index is 793. The van der Waals surface area contributed by atoms with Crippen LogP contribution in [0, 0.1) is 11.6 Å². The number of nitrogens with one attached hydrogen (secondary N) is 1. The van der Waals surface area contributed by atoms with Crippen LogP contribution in [0.3, 0.4) is 0 Å². The summed E-state index contributed by atoms with van der Waals surface area (Å²) in [7, 11) is 0. The molecule has 0 fully saturated rings. The van der Waals surface area contributed by atoms with E-state index in [1.807, 2.05) is 0 Å². The molecule has 2 rings (SSSR count). The summed E-state index contributed by atoms with van der Waals surface area (Å²) in [5.41, 5.74) is 1.37. The van der Waals surface area contributed by atoms with Gasteiger partial charge in [-0.1, -0.05) is 12.1 Å². The van der Waals surface area contributed by atoms with E-state index in [1.165, 1.54) is 19.1 Å². The number of rotatable bonds is 6. The van der Waals surface area contributed by atoms with E-state index in [9.17, 15) is 18.4 Å². The molecule has 6 heteroatoms. The molecular weight excluding hydrogens is 326 g/mol. The fraction of sp³-hybridized carbons (Fsp3) is 0.263. The van der Waals surface area contributed by atoms with E-state index in [0.717, 1.165) is 6.07 Å². The van der Waals surface area contributed by atoms with Crippen LogP contribution in [0.2, 0.25) is 0 Å². The van der Waals surface area contributed by atoms with Gasteiger partial charge >= 0.3 is 0 Å². The van der Waals surface area contributed by atoms with Crippen molar-refractivity contribution in [1.29, 1.82) is 0 Å². The van der Waals surface area contributed by atoms with Gasteiger partial charge in [0.25, 0.3) is 5.91 Å². The number of hydrogen-bond acceptors (Lipinski definition) is 2. The first-order chi connectivity index (χ1) is 11.8. The number of nitrogens with two attached hydrogens (primary N) is 1. The molecule has 0 aliphatic carbocycles. The van der Waals surface area contributed by atoms with E-state index >= 15 is 0 Å². The Morgan fingerprint density at radius 2 is 1.80 bits per heavy atom. The normalized spacial score (nSPS) is 13.2. The van der Waals surface area contributed by atoms with Gasteiger partial charge in [-0.3, -0.25) is 9.59 Å². The molecule has 4 nitrogen and oxygen atoms in total. The highest BCUT2D eigenvalue weighted by atomic mass is 19.1. The molecule has 2 atom stereocenters. The summed E-state index contributed by atoms with van der Waals surface area (Å²) in [5, 5.41) is 4.44. The molecule has 0 saturated heterocycles. The quantitative estimate of drug-likeness (QED) is 0.790. The molecule has 0 aromatic heterocycles. The second-order valence-electron chi connectivity index (χ2n) is 6.06. The third-order valence-electron chi connectivity index (χ3n) is 3.98. The predicted octanol–water partition coefficient (Wildman–Crippen LogP) is 2.82. The molecule has 0 bridgehead atoms. The molecule has 0 radical (unpaired) electrons. The Labute approximate surface area is 145 Å². The Morgan fingerprint density at radius 3 is 2.44 bits per heavy atom. The summed E-state index contributed by atoms with van der Waals surface area (Å²) in [6, 6.07) is 9.22. The Kier molecular flexibility index (Phi) is 5.98. The summed E-state index contributed by atoms with van der Waals surface area (Å²) in [4.78, 5) is 23.7. The van der Waals surface area contributed by atoms with Crippen LogP contribution in [-0.4, -0.2) is 17.7 Å². The number of Topliss-reactive ketones (excluding diaryl/α,β-unsaturated/α-hetero) is 1. The summed E-state index contributed by atoms with van der Waals surface area (Å²) < 4.78 is 26.8. The van der Waals surface area contributed by atoms with Crippen molar-refractivity contribution in [1.82, 2.24) is 0 Å². The van der Waals surface area contributed by atoms with Gasteiger partial charge in [0.1, 0.15) is 17.7 Å². The lowest BCUT2D eigenvalue weighted by atomic mass is 10.1.